The average Bonchev–Trinajstić information content (AvgIpc) is 2.70. The summed E-state index contributed by atoms with van der Waals surface area (Å²) in [6.07, 6.45) is -26.5. The molecule has 0 bridgehead atoms. The van der Waals surface area contributed by atoms with Gasteiger partial charge in [0.2, 0.25) is 0 Å². The molecule has 0 unspecified atom stereocenters. The molecule has 0 heterocycles. The first-order valence-electron chi connectivity index (χ1n) is 9.42. The molecule has 0 amide bonds. The largest absolute Gasteiger partial charge is 0.455 e. The van der Waals surface area contributed by atoms with Crippen molar-refractivity contribution in [2.24, 2.45) is 0 Å². The second-order valence-electron chi connectivity index (χ2n) is 7.85. The third kappa shape index (κ3) is 9.19. The Kier molecular flexibility index (Phi) is 11.2. The van der Waals surface area contributed by atoms with Crippen LogP contribution in [0, 0.1) is 0 Å². The van der Waals surface area contributed by atoms with E-state index < -0.39 is 91.0 Å². The molecule has 0 aromatic heterocycles. The van der Waals surface area contributed by atoms with E-state index >= 15 is 0 Å². The van der Waals surface area contributed by atoms with Gasteiger partial charge in [0.25, 0.3) is 0 Å². The highest BCUT2D eigenvalue weighted by atomic mass is 29.3. The maximum Gasteiger partial charge on any atom is 0.455 e. The van der Waals surface area contributed by atoms with Crippen molar-refractivity contribution in [1.29, 1.82) is 0 Å². The molecule has 0 saturated carbocycles. The summed E-state index contributed by atoms with van der Waals surface area (Å²) < 4.78 is 272. The van der Waals surface area contributed by atoms with Gasteiger partial charge in [-0.25, -0.2) is 0 Å². The average molecular weight is 682 g/mol. The molecule has 0 aromatic rings. The van der Waals surface area contributed by atoms with E-state index in [0.29, 0.717) is 0 Å². The van der Waals surface area contributed by atoms with E-state index in [1.54, 1.807) is 0 Å². The van der Waals surface area contributed by atoms with Crippen molar-refractivity contribution in [3.63, 3.8) is 0 Å². The highest BCUT2D eigenvalue weighted by Gasteiger charge is 2.69. The minimum atomic E-state index is -6.62. The molecular formula is C14H14F20O4Si2. The highest BCUT2D eigenvalue weighted by Crippen LogP contribution is 2.43. The lowest BCUT2D eigenvalue weighted by atomic mass is 10.3. The Balaban J connectivity index is 6.84. The minimum absolute atomic E-state index is 0.227. The molecule has 26 heteroatoms. The van der Waals surface area contributed by atoms with Crippen molar-refractivity contribution in [2.45, 2.75) is 61.5 Å². The molecule has 0 spiro atoms. The van der Waals surface area contributed by atoms with Gasteiger partial charge in [-0.2, -0.15) is 87.8 Å². The van der Waals surface area contributed by atoms with Crippen molar-refractivity contribution in [1.82, 2.24) is 0 Å². The first-order valence-corrected chi connectivity index (χ1v) is 15.0. The van der Waals surface area contributed by atoms with E-state index in [2.05, 4.69) is 17.7 Å². The predicted octanol–water partition coefficient (Wildman–Crippen LogP) is 7.07. The van der Waals surface area contributed by atoms with Crippen molar-refractivity contribution < 1.29 is 106 Å². The molecule has 0 N–H and O–H groups in total. The second kappa shape index (κ2) is 11.5. The molecular weight excluding hydrogens is 668 g/mol. The molecule has 242 valence electrons. The first-order chi connectivity index (χ1) is 17.1. The van der Waals surface area contributed by atoms with Crippen LogP contribution in [0.1, 0.15) is 0 Å². The molecule has 0 aliphatic heterocycles. The summed E-state index contributed by atoms with van der Waals surface area (Å²) >= 11 is 0. The Morgan fingerprint density at radius 1 is 0.325 bits per heavy atom. The maximum absolute atomic E-state index is 13.4. The Morgan fingerprint density at radius 2 is 0.450 bits per heavy atom. The second-order valence-corrected chi connectivity index (χ2v) is 18.2. The Bertz CT molecular complexity index is 705. The monoisotopic (exact) mass is 682 g/mol. The van der Waals surface area contributed by atoms with Crippen LogP contribution in [-0.2, 0) is 17.7 Å². The highest BCUT2D eigenvalue weighted by molar-refractivity contribution is 7.31. The fourth-order valence-electron chi connectivity index (χ4n) is 1.85. The maximum atomic E-state index is 13.4. The summed E-state index contributed by atoms with van der Waals surface area (Å²) in [5.41, 5.74) is 0. The number of rotatable bonds is 13. The van der Waals surface area contributed by atoms with Crippen LogP contribution in [-0.4, -0.2) is 91.0 Å². The minimum Gasteiger partial charge on any atom is -0.387 e. The van der Waals surface area contributed by atoms with Gasteiger partial charge >= 0.3 is 64.6 Å². The number of hydrogen-bond donors (Lipinski definition) is 0. The lowest BCUT2D eigenvalue weighted by molar-refractivity contribution is -0.298. The molecule has 0 fully saturated rings. The first kappa shape index (κ1) is 38.9. The third-order valence-electron chi connectivity index (χ3n) is 4.60. The van der Waals surface area contributed by atoms with Gasteiger partial charge in [-0.1, -0.05) is 0 Å². The van der Waals surface area contributed by atoms with Crippen molar-refractivity contribution in [3.05, 3.63) is 0 Å². The zero-order valence-electron chi connectivity index (χ0n) is 19.0. The molecule has 0 aliphatic carbocycles. The number of halogens is 20. The third-order valence-corrected chi connectivity index (χ3v) is 15.7. The molecule has 4 nitrogen and oxygen atoms in total. The number of hydrogen-bond acceptors (Lipinski definition) is 4. The summed E-state index contributed by atoms with van der Waals surface area (Å²) in [7, 11) is -12.7. The van der Waals surface area contributed by atoms with Gasteiger partial charge in [0.15, 0.2) is 0 Å². The van der Waals surface area contributed by atoms with Gasteiger partial charge in [-0.15, -0.1) is 0 Å². The quantitative estimate of drug-likeness (QED) is 0.154. The van der Waals surface area contributed by atoms with Gasteiger partial charge < -0.3 is 17.7 Å². The van der Waals surface area contributed by atoms with Crippen molar-refractivity contribution in [2.75, 3.05) is 26.4 Å². The van der Waals surface area contributed by atoms with Crippen LogP contribution in [0.5, 0.6) is 0 Å². The molecule has 0 rings (SSSR count). The van der Waals surface area contributed by atoms with E-state index in [4.69, 9.17) is 0 Å². The summed E-state index contributed by atoms with van der Waals surface area (Å²) in [5.74, 6) is -24.5. The standard InChI is InChI=1S/C14H14F20O4Si2/c1-39(35-3-7(15,16)11(23,24)25,36-4-8(17,18)12(26,27)28)40(2,37-5-9(19,20)13(29,30)31)38-6-10(21,22)14(32,33)34/h3-6H2,1-2H3. The van der Waals surface area contributed by atoms with Gasteiger partial charge in [-0.3, -0.25) is 0 Å². The van der Waals surface area contributed by atoms with Crippen molar-refractivity contribution in [3.8, 4) is 0 Å². The molecule has 0 aliphatic rings. The molecule has 0 atom stereocenters. The van der Waals surface area contributed by atoms with Gasteiger partial charge in [0.1, 0.15) is 26.4 Å². The van der Waals surface area contributed by atoms with E-state index in [1.807, 2.05) is 0 Å². The smallest absolute Gasteiger partial charge is 0.387 e. The Labute approximate surface area is 210 Å². The van der Waals surface area contributed by atoms with Crippen LogP contribution in [0.4, 0.5) is 87.8 Å². The SMILES string of the molecule is C[Si](OCC(F)(F)C(F)(F)F)(OCC(F)(F)C(F)(F)F)[Si](C)(OCC(F)(F)C(F)(F)F)OCC(F)(F)C(F)(F)F. The van der Waals surface area contributed by atoms with E-state index in [-0.39, 0.29) is 13.1 Å². The van der Waals surface area contributed by atoms with E-state index in [9.17, 15) is 87.8 Å². The van der Waals surface area contributed by atoms with Crippen LogP contribution in [0.2, 0.25) is 13.1 Å². The molecule has 0 aromatic carbocycles. The summed E-state index contributed by atoms with van der Waals surface area (Å²) in [6.45, 7) is -13.2. The van der Waals surface area contributed by atoms with Gasteiger partial charge in [0, 0.05) is 0 Å². The summed E-state index contributed by atoms with van der Waals surface area (Å²) in [5, 5.41) is 0. The van der Waals surface area contributed by atoms with Gasteiger partial charge in [-0.05, 0) is 13.1 Å². The zero-order chi connectivity index (χ0) is 32.7. The predicted molar refractivity (Wildman–Crippen MR) is 91.1 cm³/mol. The van der Waals surface area contributed by atoms with Crippen molar-refractivity contribution >= 4 is 16.2 Å². The normalized spacial score (nSPS) is 16.1. The molecule has 0 saturated heterocycles. The number of alkyl halides is 20. The van der Waals surface area contributed by atoms with Gasteiger partial charge in [0.05, 0.1) is 0 Å². The molecule has 0 radical (unpaired) electrons. The van der Waals surface area contributed by atoms with Crippen LogP contribution in [0.15, 0.2) is 0 Å². The zero-order valence-corrected chi connectivity index (χ0v) is 21.0. The van der Waals surface area contributed by atoms with Crippen LogP contribution in [0.25, 0.3) is 0 Å². The Hall–Kier alpha value is -1.13. The van der Waals surface area contributed by atoms with E-state index in [0.717, 1.165) is 0 Å². The summed E-state index contributed by atoms with van der Waals surface area (Å²) in [4.78, 5) is 0. The topological polar surface area (TPSA) is 36.9 Å². The lowest BCUT2D eigenvalue weighted by Crippen LogP contribution is -2.70. The van der Waals surface area contributed by atoms with Crippen LogP contribution >= 0.6 is 0 Å². The Morgan fingerprint density at radius 3 is 0.550 bits per heavy atom. The van der Waals surface area contributed by atoms with Crippen LogP contribution < -0.4 is 0 Å². The summed E-state index contributed by atoms with van der Waals surface area (Å²) in [6, 6.07) is 0. The van der Waals surface area contributed by atoms with Crippen LogP contribution in [0.3, 0.4) is 0 Å². The molecule has 40 heavy (non-hydrogen) atoms. The van der Waals surface area contributed by atoms with E-state index in [1.165, 1.54) is 0 Å². The fourth-order valence-corrected chi connectivity index (χ4v) is 8.90. The lowest BCUT2D eigenvalue weighted by Gasteiger charge is -2.42. The fraction of sp³-hybridized carbons (Fsp3) is 1.00.